The van der Waals surface area contributed by atoms with Crippen molar-refractivity contribution in [1.82, 2.24) is 29.4 Å². The first-order valence-electron chi connectivity index (χ1n) is 8.47. The van der Waals surface area contributed by atoms with E-state index in [-0.39, 0.29) is 6.04 Å². The van der Waals surface area contributed by atoms with Gasteiger partial charge in [-0.15, -0.1) is 10.2 Å². The topological polar surface area (TPSA) is 51.8 Å². The van der Waals surface area contributed by atoms with Gasteiger partial charge in [-0.05, 0) is 25.0 Å². The average molecular weight is 322 g/mol. The molecule has 1 aliphatic rings. The average Bonchev–Trinajstić information content (AvgIpc) is 3.26. The predicted octanol–water partition coefficient (Wildman–Crippen LogP) is 2.29. The lowest BCUT2D eigenvalue weighted by atomic mass is 10.2. The van der Waals surface area contributed by atoms with Crippen LogP contribution >= 0.6 is 0 Å². The summed E-state index contributed by atoms with van der Waals surface area (Å²) in [6, 6.07) is 12.9. The SMILES string of the molecule is CC1c2nncn2CCN1Cc1ccn(CCc2ccccc2)n1. The van der Waals surface area contributed by atoms with Crippen molar-refractivity contribution < 1.29 is 0 Å². The number of aromatic nitrogens is 5. The van der Waals surface area contributed by atoms with Gasteiger partial charge in [-0.2, -0.15) is 5.10 Å². The normalized spacial score (nSPS) is 17.8. The summed E-state index contributed by atoms with van der Waals surface area (Å²) in [6.07, 6.45) is 4.90. The van der Waals surface area contributed by atoms with Gasteiger partial charge in [-0.25, -0.2) is 0 Å². The Morgan fingerprint density at radius 1 is 1.12 bits per heavy atom. The number of hydrogen-bond acceptors (Lipinski definition) is 4. The second kappa shape index (κ2) is 6.57. The van der Waals surface area contributed by atoms with Crippen molar-refractivity contribution in [2.24, 2.45) is 0 Å². The first-order chi connectivity index (χ1) is 11.8. The summed E-state index contributed by atoms with van der Waals surface area (Å²) >= 11 is 0. The van der Waals surface area contributed by atoms with E-state index < -0.39 is 0 Å². The third-order valence-electron chi connectivity index (χ3n) is 4.73. The van der Waals surface area contributed by atoms with Gasteiger partial charge in [0, 0.05) is 32.4 Å². The Hall–Kier alpha value is -2.47. The molecule has 0 fully saturated rings. The van der Waals surface area contributed by atoms with Crippen LogP contribution in [0.4, 0.5) is 0 Å². The Labute approximate surface area is 141 Å². The van der Waals surface area contributed by atoms with Gasteiger partial charge in [0.2, 0.25) is 0 Å². The molecule has 0 saturated heterocycles. The summed E-state index contributed by atoms with van der Waals surface area (Å²) < 4.78 is 4.18. The fraction of sp³-hybridized carbons (Fsp3) is 0.389. The van der Waals surface area contributed by atoms with Crippen molar-refractivity contribution in [3.63, 3.8) is 0 Å². The Morgan fingerprint density at radius 2 is 2.00 bits per heavy atom. The summed E-state index contributed by atoms with van der Waals surface area (Å²) in [6.45, 7) is 5.90. The highest BCUT2D eigenvalue weighted by Crippen LogP contribution is 2.24. The quantitative estimate of drug-likeness (QED) is 0.723. The first kappa shape index (κ1) is 15.1. The lowest BCUT2D eigenvalue weighted by Gasteiger charge is -2.32. The van der Waals surface area contributed by atoms with E-state index in [0.717, 1.165) is 44.1 Å². The van der Waals surface area contributed by atoms with Crippen molar-refractivity contribution in [3.05, 3.63) is 66.0 Å². The van der Waals surface area contributed by atoms with Crippen molar-refractivity contribution >= 4 is 0 Å². The third kappa shape index (κ3) is 3.10. The fourth-order valence-corrected chi connectivity index (χ4v) is 3.28. The maximum absolute atomic E-state index is 4.73. The Kier molecular flexibility index (Phi) is 4.13. The fourth-order valence-electron chi connectivity index (χ4n) is 3.28. The molecule has 1 atom stereocenters. The number of nitrogens with zero attached hydrogens (tertiary/aromatic N) is 6. The van der Waals surface area contributed by atoms with E-state index in [1.165, 1.54) is 5.56 Å². The molecule has 6 nitrogen and oxygen atoms in total. The third-order valence-corrected chi connectivity index (χ3v) is 4.73. The molecule has 0 spiro atoms. The molecule has 0 aliphatic carbocycles. The summed E-state index contributed by atoms with van der Waals surface area (Å²) in [5.41, 5.74) is 2.46. The molecule has 124 valence electrons. The zero-order chi connectivity index (χ0) is 16.4. The molecular formula is C18H22N6. The molecule has 2 aromatic heterocycles. The largest absolute Gasteiger partial charge is 0.315 e. The van der Waals surface area contributed by atoms with Crippen LogP contribution in [0.2, 0.25) is 0 Å². The number of fused-ring (bicyclic) bond motifs is 1. The zero-order valence-electron chi connectivity index (χ0n) is 13.9. The van der Waals surface area contributed by atoms with Crippen LogP contribution in [0.3, 0.4) is 0 Å². The van der Waals surface area contributed by atoms with Gasteiger partial charge in [0.1, 0.15) is 12.2 Å². The minimum atomic E-state index is 0.274. The van der Waals surface area contributed by atoms with E-state index in [4.69, 9.17) is 5.10 Å². The van der Waals surface area contributed by atoms with E-state index in [2.05, 4.69) is 69.2 Å². The molecule has 1 unspecified atom stereocenters. The van der Waals surface area contributed by atoms with E-state index in [9.17, 15) is 0 Å². The zero-order valence-corrected chi connectivity index (χ0v) is 13.9. The van der Waals surface area contributed by atoms with Crippen LogP contribution in [0.5, 0.6) is 0 Å². The standard InChI is InChI=1S/C18H22N6/c1-15-18-20-19-14-23(18)12-11-22(15)13-17-8-10-24(21-17)9-7-16-5-3-2-4-6-16/h2-6,8,10,14-15H,7,9,11-13H2,1H3. The van der Waals surface area contributed by atoms with Gasteiger partial charge >= 0.3 is 0 Å². The molecule has 0 saturated carbocycles. The van der Waals surface area contributed by atoms with Gasteiger partial charge in [-0.1, -0.05) is 30.3 Å². The van der Waals surface area contributed by atoms with E-state index >= 15 is 0 Å². The second-order valence-electron chi connectivity index (χ2n) is 6.33. The van der Waals surface area contributed by atoms with Crippen molar-refractivity contribution in [2.45, 2.75) is 39.0 Å². The number of aryl methyl sites for hydroxylation is 2. The Bertz CT molecular complexity index is 791. The number of rotatable bonds is 5. The van der Waals surface area contributed by atoms with Crippen LogP contribution < -0.4 is 0 Å². The van der Waals surface area contributed by atoms with Gasteiger partial charge in [-0.3, -0.25) is 9.58 Å². The van der Waals surface area contributed by atoms with Crippen LogP contribution in [0, 0.1) is 0 Å². The summed E-state index contributed by atoms with van der Waals surface area (Å²) in [7, 11) is 0. The molecule has 4 rings (SSSR count). The predicted molar refractivity (Wildman–Crippen MR) is 91.2 cm³/mol. The van der Waals surface area contributed by atoms with Crippen molar-refractivity contribution in [1.29, 1.82) is 0 Å². The molecule has 24 heavy (non-hydrogen) atoms. The van der Waals surface area contributed by atoms with Crippen LogP contribution in [0.25, 0.3) is 0 Å². The van der Waals surface area contributed by atoms with Crippen LogP contribution in [0.1, 0.15) is 30.0 Å². The minimum absolute atomic E-state index is 0.274. The summed E-state index contributed by atoms with van der Waals surface area (Å²) in [5.74, 6) is 1.05. The van der Waals surface area contributed by atoms with Crippen molar-refractivity contribution in [3.8, 4) is 0 Å². The Balaban J connectivity index is 1.37. The molecule has 3 aromatic rings. The van der Waals surface area contributed by atoms with E-state index in [0.29, 0.717) is 0 Å². The Morgan fingerprint density at radius 3 is 2.88 bits per heavy atom. The number of hydrogen-bond donors (Lipinski definition) is 0. The highest BCUT2D eigenvalue weighted by molar-refractivity contribution is 5.14. The van der Waals surface area contributed by atoms with Crippen LogP contribution in [0.15, 0.2) is 48.9 Å². The van der Waals surface area contributed by atoms with Gasteiger partial charge in [0.05, 0.1) is 11.7 Å². The highest BCUT2D eigenvalue weighted by Gasteiger charge is 2.25. The molecule has 1 aromatic carbocycles. The van der Waals surface area contributed by atoms with E-state index in [1.807, 2.05) is 11.0 Å². The molecule has 6 heteroatoms. The molecule has 0 bridgehead atoms. The maximum Gasteiger partial charge on any atom is 0.149 e. The molecule has 0 radical (unpaired) electrons. The highest BCUT2D eigenvalue weighted by atomic mass is 15.3. The van der Waals surface area contributed by atoms with Crippen molar-refractivity contribution in [2.75, 3.05) is 6.54 Å². The van der Waals surface area contributed by atoms with Gasteiger partial charge in [0.15, 0.2) is 0 Å². The molecular weight excluding hydrogens is 300 g/mol. The maximum atomic E-state index is 4.73. The minimum Gasteiger partial charge on any atom is -0.315 e. The smallest absolute Gasteiger partial charge is 0.149 e. The van der Waals surface area contributed by atoms with Gasteiger partial charge < -0.3 is 4.57 Å². The summed E-state index contributed by atoms with van der Waals surface area (Å²) in [5, 5.41) is 13.0. The lowest BCUT2D eigenvalue weighted by molar-refractivity contribution is 0.154. The second-order valence-corrected chi connectivity index (χ2v) is 6.33. The molecule has 3 heterocycles. The monoisotopic (exact) mass is 322 g/mol. The van der Waals surface area contributed by atoms with Crippen LogP contribution in [-0.2, 0) is 26.1 Å². The summed E-state index contributed by atoms with van der Waals surface area (Å²) in [4.78, 5) is 2.41. The molecule has 0 N–H and O–H groups in total. The number of benzene rings is 1. The first-order valence-corrected chi connectivity index (χ1v) is 8.47. The van der Waals surface area contributed by atoms with E-state index in [1.54, 1.807) is 0 Å². The lowest BCUT2D eigenvalue weighted by Crippen LogP contribution is -2.36. The molecule has 1 aliphatic heterocycles. The van der Waals surface area contributed by atoms with Gasteiger partial charge in [0.25, 0.3) is 0 Å². The molecule has 0 amide bonds. The van der Waals surface area contributed by atoms with Crippen LogP contribution in [-0.4, -0.2) is 36.0 Å².